The molecule has 12 unspecified atom stereocenters. The minimum Gasteiger partial charge on any atom is -0.507 e. The van der Waals surface area contributed by atoms with Crippen molar-refractivity contribution in [1.82, 2.24) is 0 Å². The van der Waals surface area contributed by atoms with E-state index in [-0.39, 0.29) is 74.8 Å². The highest BCUT2D eigenvalue weighted by Gasteiger charge is 2.52. The zero-order valence-corrected chi connectivity index (χ0v) is 42.8. The second-order valence-electron chi connectivity index (χ2n) is 20.6. The van der Waals surface area contributed by atoms with Crippen LogP contribution in [0.3, 0.4) is 0 Å². The van der Waals surface area contributed by atoms with E-state index in [0.717, 1.165) is 0 Å². The molecule has 78 heavy (non-hydrogen) atoms. The molecule has 0 saturated carbocycles. The second kappa shape index (κ2) is 20.8. The Morgan fingerprint density at radius 2 is 0.974 bits per heavy atom. The summed E-state index contributed by atoms with van der Waals surface area (Å²) in [5.74, 6) is -7.65. The first kappa shape index (κ1) is 56.0. The lowest BCUT2D eigenvalue weighted by atomic mass is 9.72. The number of methoxy groups -OCH3 is 2. The number of Topliss-reactive ketones (excluding diaryl/α,β-unsaturated/α-hetero) is 2. The highest BCUT2D eigenvalue weighted by atomic mass is 16.7. The number of aromatic hydroxyl groups is 4. The van der Waals surface area contributed by atoms with Gasteiger partial charge in [-0.25, -0.2) is 0 Å². The number of ether oxygens (including phenoxy) is 6. The van der Waals surface area contributed by atoms with E-state index >= 15 is 0 Å². The van der Waals surface area contributed by atoms with Crippen molar-refractivity contribution in [2.24, 2.45) is 11.7 Å². The molecule has 4 aliphatic carbocycles. The maximum Gasteiger partial charge on any atom is 0.202 e. The van der Waals surface area contributed by atoms with E-state index in [1.54, 1.807) is 20.8 Å². The SMILES string of the molecule is COc1cccc2c1C(=O)c1c(O)c3c(c(O)c1C2=O)CC(O)(C(=O)CO)CC3OC1CC(C)C(O)C(C)O1.COc1cccc2c1C(=O)c1c(O)c3c(c(O)c1C2=O)CC(O)(C(=O)CO)CC3OC1CC(N)C(O)C(C)O1. The summed E-state index contributed by atoms with van der Waals surface area (Å²) in [6.07, 6.45) is -9.43. The third kappa shape index (κ3) is 9.01. The van der Waals surface area contributed by atoms with Gasteiger partial charge < -0.3 is 85.2 Å². The number of hydrogen-bond acceptors (Lipinski definition) is 23. The summed E-state index contributed by atoms with van der Waals surface area (Å²) in [4.78, 5) is 79.5. The van der Waals surface area contributed by atoms with Gasteiger partial charge in [-0.05, 0) is 31.9 Å². The van der Waals surface area contributed by atoms with E-state index in [1.165, 1.54) is 50.6 Å². The molecular weight excluding hydrogens is 1030 g/mol. The number of ketones is 6. The molecule has 23 heteroatoms. The summed E-state index contributed by atoms with van der Waals surface area (Å²) in [7, 11) is 2.65. The van der Waals surface area contributed by atoms with Crippen molar-refractivity contribution in [1.29, 1.82) is 0 Å². The Morgan fingerprint density at radius 1 is 0.590 bits per heavy atom. The van der Waals surface area contributed by atoms with Crippen LogP contribution in [-0.2, 0) is 41.4 Å². The summed E-state index contributed by atoms with van der Waals surface area (Å²) in [6.45, 7) is 3.02. The normalized spacial score (nSPS) is 29.8. The molecule has 0 radical (unpaired) electrons. The number of aliphatic hydroxyl groups excluding tert-OH is 4. The monoisotopic (exact) mass is 1090 g/mol. The summed E-state index contributed by atoms with van der Waals surface area (Å²) in [5.41, 5.74) is -1.08. The third-order valence-corrected chi connectivity index (χ3v) is 15.9. The van der Waals surface area contributed by atoms with Crippen molar-refractivity contribution in [3.63, 3.8) is 0 Å². The van der Waals surface area contributed by atoms with E-state index in [2.05, 4.69) is 0 Å². The fourth-order valence-corrected chi connectivity index (χ4v) is 11.7. The van der Waals surface area contributed by atoms with Crippen LogP contribution in [0.5, 0.6) is 34.5 Å². The van der Waals surface area contributed by atoms with Gasteiger partial charge >= 0.3 is 0 Å². The smallest absolute Gasteiger partial charge is 0.202 e. The Morgan fingerprint density at radius 3 is 1.35 bits per heavy atom. The van der Waals surface area contributed by atoms with Crippen LogP contribution in [0.2, 0.25) is 0 Å². The predicted molar refractivity (Wildman–Crippen MR) is 265 cm³/mol. The zero-order valence-electron chi connectivity index (χ0n) is 42.8. The van der Waals surface area contributed by atoms with Gasteiger partial charge in [-0.15, -0.1) is 0 Å². The van der Waals surface area contributed by atoms with E-state index < -0.39 is 185 Å². The van der Waals surface area contributed by atoms with Crippen LogP contribution in [0.4, 0.5) is 0 Å². The lowest BCUT2D eigenvalue weighted by Gasteiger charge is -2.42. The fraction of sp³-hybridized carbons (Fsp3) is 0.455. The fourth-order valence-electron chi connectivity index (χ4n) is 11.7. The molecule has 4 aromatic carbocycles. The number of phenols is 4. The second-order valence-corrected chi connectivity index (χ2v) is 20.6. The number of hydrogen-bond donors (Lipinski definition) is 11. The number of aliphatic hydroxyl groups is 6. The maximum absolute atomic E-state index is 13.7. The summed E-state index contributed by atoms with van der Waals surface area (Å²) in [5, 5.41) is 108. The molecule has 0 amide bonds. The van der Waals surface area contributed by atoms with Crippen LogP contribution < -0.4 is 15.2 Å². The minimum atomic E-state index is -2.24. The molecule has 12 atom stereocenters. The lowest BCUT2D eigenvalue weighted by molar-refractivity contribution is -0.255. The molecule has 6 aliphatic rings. The molecule has 2 heterocycles. The number of rotatable bonds is 10. The first-order chi connectivity index (χ1) is 36.9. The van der Waals surface area contributed by atoms with Crippen molar-refractivity contribution < 1.29 is 108 Å². The molecule has 23 nitrogen and oxygen atoms in total. The molecule has 416 valence electrons. The summed E-state index contributed by atoms with van der Waals surface area (Å²) in [6, 6.07) is 8.03. The number of carbonyl (C=O) groups excluding carboxylic acids is 6. The number of fused-ring (bicyclic) bond motifs is 6. The summed E-state index contributed by atoms with van der Waals surface area (Å²) >= 11 is 0. The molecule has 10 rings (SSSR count). The van der Waals surface area contributed by atoms with Gasteiger partial charge in [-0.2, -0.15) is 0 Å². The van der Waals surface area contributed by atoms with Crippen molar-refractivity contribution in [3.8, 4) is 34.5 Å². The topological polar surface area (TPSA) is 386 Å². The van der Waals surface area contributed by atoms with E-state index in [1.807, 2.05) is 0 Å². The lowest BCUT2D eigenvalue weighted by Crippen LogP contribution is -2.53. The Labute approximate surface area is 444 Å². The first-order valence-electron chi connectivity index (χ1n) is 25.1. The molecule has 0 bridgehead atoms. The molecule has 2 aliphatic heterocycles. The van der Waals surface area contributed by atoms with Crippen LogP contribution in [0.1, 0.15) is 145 Å². The van der Waals surface area contributed by atoms with Crippen LogP contribution in [0.15, 0.2) is 36.4 Å². The standard InChI is InChI=1S/C28H30O11.C27H29NO11/c1-11-7-18(38-12(2)23(11)31)39-16-9-28(36,17(30)10-29)8-14-20(16)27(35)22-21(25(14)33)24(32)13-5-4-6-15(37-3)19(13)26(22)34;1-10-22(31)13(28)6-17(38-10)39-15-8-27(36,16(30)9-29)7-12-19(15)26(35)21-20(24(12)33)23(32)11-4-3-5-14(37-2)18(11)25(21)34/h4-6,11-12,16,18,23,29,31,33,35-36H,7-10H2,1-3H3;3-5,10,13,15,17,22,29,31,33,35-36H,6-9,28H2,1-2H3. The highest BCUT2D eigenvalue weighted by molar-refractivity contribution is 6.32. The molecular formula is C55H59NO22. The van der Waals surface area contributed by atoms with Crippen molar-refractivity contribution in [3.05, 3.63) is 103 Å². The summed E-state index contributed by atoms with van der Waals surface area (Å²) < 4.78 is 34.2. The molecule has 4 aromatic rings. The first-order valence-corrected chi connectivity index (χ1v) is 25.1. The van der Waals surface area contributed by atoms with Gasteiger partial charge in [0.2, 0.25) is 11.6 Å². The number of nitrogens with two attached hydrogens (primary N) is 1. The zero-order chi connectivity index (χ0) is 56.8. The average molecular weight is 1090 g/mol. The molecule has 0 spiro atoms. The van der Waals surface area contributed by atoms with Gasteiger partial charge in [-0.1, -0.05) is 31.2 Å². The molecule has 2 fully saturated rings. The van der Waals surface area contributed by atoms with E-state index in [9.17, 15) is 79.8 Å². The number of benzene rings is 4. The quantitative estimate of drug-likeness (QED) is 0.0862. The molecule has 0 aromatic heterocycles. The highest BCUT2D eigenvalue weighted by Crippen LogP contribution is 2.55. The van der Waals surface area contributed by atoms with Gasteiger partial charge in [0.1, 0.15) is 58.9 Å². The Balaban J connectivity index is 0.000000190. The van der Waals surface area contributed by atoms with E-state index in [0.29, 0.717) is 0 Å². The van der Waals surface area contributed by atoms with Crippen molar-refractivity contribution in [2.75, 3.05) is 27.4 Å². The van der Waals surface area contributed by atoms with Crippen LogP contribution in [0, 0.1) is 5.92 Å². The van der Waals surface area contributed by atoms with Gasteiger partial charge in [0.25, 0.3) is 0 Å². The molecule has 12 N–H and O–H groups in total. The van der Waals surface area contributed by atoms with Crippen LogP contribution >= 0.6 is 0 Å². The van der Waals surface area contributed by atoms with Gasteiger partial charge in [0, 0.05) is 77.9 Å². The van der Waals surface area contributed by atoms with Gasteiger partial charge in [-0.3, -0.25) is 28.8 Å². The Kier molecular flexibility index (Phi) is 14.9. The number of phenolic OH excluding ortho intramolecular Hbond substituents is 4. The van der Waals surface area contributed by atoms with Crippen molar-refractivity contribution in [2.45, 2.75) is 126 Å². The Hall–Kier alpha value is -6.74. The van der Waals surface area contributed by atoms with Crippen LogP contribution in [-0.4, -0.2) is 167 Å². The van der Waals surface area contributed by atoms with Crippen LogP contribution in [0.25, 0.3) is 0 Å². The van der Waals surface area contributed by atoms with Gasteiger partial charge in [0.05, 0.1) is 84.2 Å². The molecule has 2 saturated heterocycles. The van der Waals surface area contributed by atoms with Gasteiger partial charge in [0.15, 0.2) is 35.7 Å². The van der Waals surface area contributed by atoms with E-state index in [4.69, 9.17) is 34.2 Å². The maximum atomic E-state index is 13.7. The third-order valence-electron chi connectivity index (χ3n) is 15.9. The largest absolute Gasteiger partial charge is 0.507 e. The van der Waals surface area contributed by atoms with Crippen molar-refractivity contribution >= 4 is 34.7 Å². The minimum absolute atomic E-state index is 0.0173. The Bertz CT molecular complexity index is 2960. The average Bonchev–Trinajstić information content (AvgIpc) is 3.59. The number of carbonyl (C=O) groups is 6. The predicted octanol–water partition coefficient (Wildman–Crippen LogP) is 1.31.